The minimum absolute atomic E-state index is 0. The third-order valence-electron chi connectivity index (χ3n) is 7.15. The normalized spacial score (nSPS) is 11.1. The first-order valence-corrected chi connectivity index (χ1v) is 14.7. The zero-order valence-electron chi connectivity index (χ0n) is 23.8. The van der Waals surface area contributed by atoms with Crippen molar-refractivity contribution in [3.8, 4) is 44.8 Å². The maximum absolute atomic E-state index is 4.62. The van der Waals surface area contributed by atoms with Gasteiger partial charge in [-0.15, -0.1) is 71.4 Å². The molecule has 0 amide bonds. The van der Waals surface area contributed by atoms with Gasteiger partial charge in [-0.2, -0.15) is 0 Å². The molecule has 0 bridgehead atoms. The second kappa shape index (κ2) is 13.4. The van der Waals surface area contributed by atoms with Crippen molar-refractivity contribution in [3.05, 3.63) is 145 Å². The number of rotatable bonds is 3. The Morgan fingerprint density at radius 3 is 2.10 bits per heavy atom. The van der Waals surface area contributed by atoms with Crippen LogP contribution in [0.25, 0.3) is 44.8 Å². The van der Waals surface area contributed by atoms with Gasteiger partial charge in [-0.25, -0.2) is 0 Å². The quantitative estimate of drug-likeness (QED) is 0.169. The Balaban J connectivity index is 0.000000212. The number of aryl methyl sites for hydroxylation is 1. The summed E-state index contributed by atoms with van der Waals surface area (Å²) in [7, 11) is 0. The van der Waals surface area contributed by atoms with E-state index in [1.165, 1.54) is 43.2 Å². The van der Waals surface area contributed by atoms with Gasteiger partial charge in [-0.3, -0.25) is 0 Å². The predicted molar refractivity (Wildman–Crippen MR) is 171 cm³/mol. The molecule has 0 unspecified atom stereocenters. The van der Waals surface area contributed by atoms with Crippen molar-refractivity contribution in [3.63, 3.8) is 0 Å². The van der Waals surface area contributed by atoms with Crippen molar-refractivity contribution in [2.75, 3.05) is 0 Å². The van der Waals surface area contributed by atoms with Crippen molar-refractivity contribution in [1.29, 1.82) is 0 Å². The third-order valence-corrected chi connectivity index (χ3v) is 8.28. The summed E-state index contributed by atoms with van der Waals surface area (Å²) >= 11 is 1.82. The number of pyridine rings is 2. The monoisotopic (exact) mass is 739 g/mol. The Morgan fingerprint density at radius 1 is 0.643 bits per heavy atom. The minimum Gasteiger partial charge on any atom is -0.305 e. The van der Waals surface area contributed by atoms with Crippen molar-refractivity contribution in [1.82, 2.24) is 9.97 Å². The first-order valence-electron chi connectivity index (χ1n) is 13.9. The molecule has 1 aliphatic heterocycles. The van der Waals surface area contributed by atoms with Crippen LogP contribution >= 0.6 is 11.8 Å². The number of hydrogen-bond acceptors (Lipinski definition) is 3. The Labute approximate surface area is 266 Å². The van der Waals surface area contributed by atoms with Crippen molar-refractivity contribution in [2.24, 2.45) is 0 Å². The van der Waals surface area contributed by atoms with E-state index in [2.05, 4.69) is 115 Å². The van der Waals surface area contributed by atoms with Gasteiger partial charge < -0.3 is 9.97 Å². The number of nitrogens with zero attached hydrogens (tertiary/aromatic N) is 2. The van der Waals surface area contributed by atoms with Crippen molar-refractivity contribution < 1.29 is 20.1 Å². The summed E-state index contributed by atoms with van der Waals surface area (Å²) in [5, 5.41) is 0. The summed E-state index contributed by atoms with van der Waals surface area (Å²) in [4.78, 5) is 11.5. The zero-order valence-corrected chi connectivity index (χ0v) is 27.0. The Kier molecular flexibility index (Phi) is 9.49. The van der Waals surface area contributed by atoms with E-state index in [0.717, 1.165) is 22.5 Å². The molecule has 0 saturated heterocycles. The molecule has 3 heterocycles. The Morgan fingerprint density at radius 2 is 1.38 bits per heavy atom. The van der Waals surface area contributed by atoms with E-state index in [0.29, 0.717) is 5.92 Å². The van der Waals surface area contributed by atoms with Crippen LogP contribution in [0.4, 0.5) is 0 Å². The molecule has 2 nitrogen and oxygen atoms in total. The summed E-state index contributed by atoms with van der Waals surface area (Å²) in [6.07, 6.45) is 3.78. The van der Waals surface area contributed by atoms with E-state index in [9.17, 15) is 0 Å². The fourth-order valence-electron chi connectivity index (χ4n) is 4.90. The molecule has 0 saturated carbocycles. The largest absolute Gasteiger partial charge is 0.305 e. The Bertz CT molecular complexity index is 1800. The summed E-state index contributed by atoms with van der Waals surface area (Å²) in [5.41, 5.74) is 11.6. The standard InChI is InChI=1S/C26H20NS.C12H10N.Ir/c1-17(2)18-13-14-27-24(16-18)19-11-12-26-23(15-19)21-8-4-3-7-20(21)22-9-5-6-10-25(22)28-26;1-10-7-8-12(13-9-10)11-5-3-2-4-6-11;/h3-10,12-17H,1-2H3;2-5,7-9H,1H3;/q2*-1;. The van der Waals surface area contributed by atoms with Gasteiger partial charge in [0.05, 0.1) is 0 Å². The molecule has 6 aromatic rings. The van der Waals surface area contributed by atoms with Gasteiger partial charge in [0.15, 0.2) is 0 Å². The SMILES string of the molecule is CC(C)c1ccnc(-c2[c-]cc3c(c2)-c2ccccc2-c2ccccc2S3)c1.Cc1ccc(-c2[c-]cccc2)nc1.[Ir]. The van der Waals surface area contributed by atoms with Crippen LogP contribution in [0.15, 0.2) is 131 Å². The molecule has 0 spiro atoms. The van der Waals surface area contributed by atoms with E-state index < -0.39 is 0 Å². The van der Waals surface area contributed by atoms with Crippen molar-refractivity contribution in [2.45, 2.75) is 36.5 Å². The molecule has 1 aliphatic rings. The van der Waals surface area contributed by atoms with E-state index >= 15 is 0 Å². The van der Waals surface area contributed by atoms with Crippen LogP contribution < -0.4 is 0 Å². The average molecular weight is 739 g/mol. The number of hydrogen-bond donors (Lipinski definition) is 0. The minimum atomic E-state index is 0. The molecule has 42 heavy (non-hydrogen) atoms. The van der Waals surface area contributed by atoms with E-state index in [1.54, 1.807) is 0 Å². The molecule has 0 aliphatic carbocycles. The van der Waals surface area contributed by atoms with Crippen LogP contribution in [0.5, 0.6) is 0 Å². The van der Waals surface area contributed by atoms with Gasteiger partial charge in [-0.05, 0) is 58.6 Å². The molecular formula is C38H30IrN2S-2. The van der Waals surface area contributed by atoms with Crippen LogP contribution in [0.1, 0.15) is 30.9 Å². The van der Waals surface area contributed by atoms with Crippen LogP contribution in [-0.2, 0) is 20.1 Å². The maximum atomic E-state index is 4.62. The van der Waals surface area contributed by atoms with Gasteiger partial charge in [-0.1, -0.05) is 90.5 Å². The molecule has 4 aromatic carbocycles. The van der Waals surface area contributed by atoms with E-state index in [4.69, 9.17) is 0 Å². The zero-order chi connectivity index (χ0) is 28.2. The Hall–Kier alpha value is -3.82. The second-order valence-electron chi connectivity index (χ2n) is 10.4. The molecule has 209 valence electrons. The number of aromatic nitrogens is 2. The van der Waals surface area contributed by atoms with Gasteiger partial charge in [0.1, 0.15) is 0 Å². The van der Waals surface area contributed by atoms with Crippen LogP contribution in [0.3, 0.4) is 0 Å². The molecule has 0 atom stereocenters. The van der Waals surface area contributed by atoms with Gasteiger partial charge in [0.2, 0.25) is 0 Å². The third kappa shape index (κ3) is 6.47. The van der Waals surface area contributed by atoms with Crippen LogP contribution in [0.2, 0.25) is 0 Å². The van der Waals surface area contributed by atoms with E-state index in [1.807, 2.05) is 61.4 Å². The summed E-state index contributed by atoms with van der Waals surface area (Å²) < 4.78 is 0. The van der Waals surface area contributed by atoms with Gasteiger partial charge in [0, 0.05) is 37.4 Å². The molecule has 0 N–H and O–H groups in total. The smallest absolute Gasteiger partial charge is 0.0190 e. The number of fused-ring (bicyclic) bond motifs is 5. The predicted octanol–water partition coefficient (Wildman–Crippen LogP) is 10.3. The fraction of sp³-hybridized carbons (Fsp3) is 0.105. The maximum Gasteiger partial charge on any atom is 0.0190 e. The molecule has 0 fully saturated rings. The van der Waals surface area contributed by atoms with Gasteiger partial charge >= 0.3 is 0 Å². The number of benzene rings is 4. The molecule has 4 heteroatoms. The fourth-order valence-corrected chi connectivity index (χ4v) is 5.97. The first kappa shape index (κ1) is 29.7. The summed E-state index contributed by atoms with van der Waals surface area (Å²) in [6, 6.07) is 44.5. The molecule has 2 aromatic heterocycles. The van der Waals surface area contributed by atoms with E-state index in [-0.39, 0.29) is 20.1 Å². The molecular weight excluding hydrogens is 709 g/mol. The first-order chi connectivity index (χ1) is 20.1. The summed E-state index contributed by atoms with van der Waals surface area (Å²) in [6.45, 7) is 6.46. The molecule has 7 rings (SSSR count). The molecule has 1 radical (unpaired) electrons. The van der Waals surface area contributed by atoms with Crippen molar-refractivity contribution >= 4 is 11.8 Å². The van der Waals surface area contributed by atoms with Crippen LogP contribution in [0, 0.1) is 19.1 Å². The topological polar surface area (TPSA) is 25.8 Å². The van der Waals surface area contributed by atoms with Gasteiger partial charge in [0.25, 0.3) is 0 Å². The summed E-state index contributed by atoms with van der Waals surface area (Å²) in [5.74, 6) is 0.480. The van der Waals surface area contributed by atoms with Crippen LogP contribution in [-0.4, -0.2) is 9.97 Å². The second-order valence-corrected chi connectivity index (χ2v) is 11.5. The average Bonchev–Trinajstić information content (AvgIpc) is 3.16.